The molecule has 1 atom stereocenters. The van der Waals surface area contributed by atoms with Crippen molar-refractivity contribution in [1.29, 1.82) is 0 Å². The lowest BCUT2D eigenvalue weighted by Crippen LogP contribution is -2.50. The van der Waals surface area contributed by atoms with Crippen molar-refractivity contribution in [3.63, 3.8) is 0 Å². The normalized spacial score (nSPS) is 25.9. The molecule has 2 aliphatic rings. The van der Waals surface area contributed by atoms with E-state index in [1.54, 1.807) is 4.90 Å². The number of nitrogens with zero attached hydrogens (tertiary/aromatic N) is 3. The lowest BCUT2D eigenvalue weighted by molar-refractivity contribution is 0.0938. The largest absolute Gasteiger partial charge is 0.465 e. The molecule has 122 valence electrons. The first-order valence-electron chi connectivity index (χ1n) is 8.21. The Hall–Kier alpha value is -1.49. The number of likely N-dealkylation sites (tertiary alicyclic amines) is 2. The minimum absolute atomic E-state index is 0.152. The molecule has 0 aliphatic carbocycles. The quantitative estimate of drug-likeness (QED) is 0.843. The Morgan fingerprint density at radius 3 is 2.77 bits per heavy atom. The minimum atomic E-state index is 0.152. The standard InChI is InChI=1S/C17H27N3O2/c1-14-5-6-15(22-14)11-19-10-8-17(12-19)7-4-9-20(13-17)16(21)18(2)3/h5-6H,4,7-13H2,1-3H3/t17-/m0/s1. The summed E-state index contributed by atoms with van der Waals surface area (Å²) in [6.07, 6.45) is 3.54. The Balaban J connectivity index is 1.61. The lowest BCUT2D eigenvalue weighted by Gasteiger charge is -2.41. The van der Waals surface area contributed by atoms with E-state index < -0.39 is 0 Å². The van der Waals surface area contributed by atoms with E-state index >= 15 is 0 Å². The van der Waals surface area contributed by atoms with E-state index in [2.05, 4.69) is 11.0 Å². The number of piperidine rings is 1. The molecule has 1 aromatic rings. The van der Waals surface area contributed by atoms with Crippen LogP contribution in [0.2, 0.25) is 0 Å². The summed E-state index contributed by atoms with van der Waals surface area (Å²) in [5.74, 6) is 2.02. The lowest BCUT2D eigenvalue weighted by atomic mass is 9.79. The van der Waals surface area contributed by atoms with E-state index in [4.69, 9.17) is 4.42 Å². The Morgan fingerprint density at radius 1 is 1.27 bits per heavy atom. The third-order valence-corrected chi connectivity index (χ3v) is 5.01. The number of aryl methyl sites for hydroxylation is 1. The minimum Gasteiger partial charge on any atom is -0.465 e. The molecule has 0 radical (unpaired) electrons. The number of hydrogen-bond acceptors (Lipinski definition) is 3. The zero-order valence-electron chi connectivity index (χ0n) is 14.0. The van der Waals surface area contributed by atoms with E-state index in [9.17, 15) is 4.79 Å². The molecular formula is C17H27N3O2. The predicted molar refractivity (Wildman–Crippen MR) is 85.7 cm³/mol. The van der Waals surface area contributed by atoms with Crippen LogP contribution in [0.15, 0.2) is 16.5 Å². The van der Waals surface area contributed by atoms with Crippen LogP contribution >= 0.6 is 0 Å². The van der Waals surface area contributed by atoms with Crippen LogP contribution in [-0.2, 0) is 6.54 Å². The fraction of sp³-hybridized carbons (Fsp3) is 0.706. The number of amides is 2. The average molecular weight is 305 g/mol. The van der Waals surface area contributed by atoms with Crippen LogP contribution in [0.5, 0.6) is 0 Å². The maximum Gasteiger partial charge on any atom is 0.319 e. The third-order valence-electron chi connectivity index (χ3n) is 5.01. The molecule has 0 saturated carbocycles. The molecule has 0 bridgehead atoms. The highest BCUT2D eigenvalue weighted by atomic mass is 16.3. The van der Waals surface area contributed by atoms with Crippen molar-refractivity contribution in [3.05, 3.63) is 23.7 Å². The maximum atomic E-state index is 12.2. The zero-order chi connectivity index (χ0) is 15.7. The summed E-state index contributed by atoms with van der Waals surface area (Å²) in [4.78, 5) is 18.4. The summed E-state index contributed by atoms with van der Waals surface area (Å²) in [5.41, 5.74) is 0.283. The van der Waals surface area contributed by atoms with Gasteiger partial charge in [0.15, 0.2) is 0 Å². The monoisotopic (exact) mass is 305 g/mol. The van der Waals surface area contributed by atoms with Crippen molar-refractivity contribution in [2.24, 2.45) is 5.41 Å². The molecule has 2 saturated heterocycles. The highest BCUT2D eigenvalue weighted by Gasteiger charge is 2.42. The smallest absolute Gasteiger partial charge is 0.319 e. The van der Waals surface area contributed by atoms with Gasteiger partial charge in [0.1, 0.15) is 11.5 Å². The van der Waals surface area contributed by atoms with Gasteiger partial charge in [0.25, 0.3) is 0 Å². The molecule has 0 unspecified atom stereocenters. The number of urea groups is 1. The Kier molecular flexibility index (Phi) is 4.17. The zero-order valence-corrected chi connectivity index (χ0v) is 14.0. The Labute approximate surface area is 132 Å². The van der Waals surface area contributed by atoms with Gasteiger partial charge in [-0.15, -0.1) is 0 Å². The SMILES string of the molecule is Cc1ccc(CN2CC[C@@]3(CCCN(C(=O)N(C)C)C3)C2)o1. The number of carbonyl (C=O) groups excluding carboxylic acids is 1. The van der Waals surface area contributed by atoms with Crippen molar-refractivity contribution in [3.8, 4) is 0 Å². The average Bonchev–Trinajstić information content (AvgIpc) is 3.05. The second kappa shape index (κ2) is 5.95. The van der Waals surface area contributed by atoms with Gasteiger partial charge < -0.3 is 14.2 Å². The van der Waals surface area contributed by atoms with Gasteiger partial charge in [0.05, 0.1) is 6.54 Å². The van der Waals surface area contributed by atoms with Crippen molar-refractivity contribution in [1.82, 2.24) is 14.7 Å². The van der Waals surface area contributed by atoms with Crippen LogP contribution < -0.4 is 0 Å². The molecular weight excluding hydrogens is 278 g/mol. The van der Waals surface area contributed by atoms with Crippen molar-refractivity contribution >= 4 is 6.03 Å². The summed E-state index contributed by atoms with van der Waals surface area (Å²) >= 11 is 0. The van der Waals surface area contributed by atoms with Crippen LogP contribution in [0.25, 0.3) is 0 Å². The maximum absolute atomic E-state index is 12.2. The van der Waals surface area contributed by atoms with Gasteiger partial charge in [0.2, 0.25) is 0 Å². The predicted octanol–water partition coefficient (Wildman–Crippen LogP) is 2.56. The molecule has 5 nitrogen and oxygen atoms in total. The van der Waals surface area contributed by atoms with Gasteiger partial charge in [-0.05, 0) is 44.9 Å². The number of carbonyl (C=O) groups is 1. The summed E-state index contributed by atoms with van der Waals surface area (Å²) in [6, 6.07) is 4.25. The van der Waals surface area contributed by atoms with Gasteiger partial charge in [-0.2, -0.15) is 0 Å². The third kappa shape index (κ3) is 3.14. The summed E-state index contributed by atoms with van der Waals surface area (Å²) in [7, 11) is 3.67. The molecule has 1 aromatic heterocycles. The molecule has 2 fully saturated rings. The van der Waals surface area contributed by atoms with Crippen molar-refractivity contribution < 1.29 is 9.21 Å². The van der Waals surface area contributed by atoms with E-state index in [0.29, 0.717) is 0 Å². The molecule has 2 amide bonds. The molecule has 22 heavy (non-hydrogen) atoms. The molecule has 1 spiro atoms. The topological polar surface area (TPSA) is 39.9 Å². The molecule has 0 aromatic carbocycles. The van der Waals surface area contributed by atoms with Crippen LogP contribution in [-0.4, -0.2) is 61.0 Å². The van der Waals surface area contributed by atoms with Gasteiger partial charge >= 0.3 is 6.03 Å². The number of furan rings is 1. The summed E-state index contributed by atoms with van der Waals surface area (Å²) < 4.78 is 5.70. The fourth-order valence-electron chi connectivity index (χ4n) is 3.94. The Bertz CT molecular complexity index is 540. The van der Waals surface area contributed by atoms with Crippen molar-refractivity contribution in [2.75, 3.05) is 40.3 Å². The summed E-state index contributed by atoms with van der Waals surface area (Å²) in [5, 5.41) is 0. The Morgan fingerprint density at radius 2 is 2.09 bits per heavy atom. The van der Waals surface area contributed by atoms with Crippen LogP contribution in [0.1, 0.15) is 30.8 Å². The van der Waals surface area contributed by atoms with Gasteiger partial charge in [0, 0.05) is 39.1 Å². The first-order chi connectivity index (χ1) is 10.5. The van der Waals surface area contributed by atoms with Gasteiger partial charge in [-0.3, -0.25) is 4.90 Å². The summed E-state index contributed by atoms with van der Waals surface area (Å²) in [6.45, 7) is 6.85. The van der Waals surface area contributed by atoms with E-state index in [-0.39, 0.29) is 11.4 Å². The highest BCUT2D eigenvalue weighted by molar-refractivity contribution is 5.74. The van der Waals surface area contributed by atoms with Gasteiger partial charge in [-0.1, -0.05) is 0 Å². The molecule has 5 heteroatoms. The molecule has 3 rings (SSSR count). The van der Waals surface area contributed by atoms with Crippen LogP contribution in [0.3, 0.4) is 0 Å². The number of rotatable bonds is 2. The van der Waals surface area contributed by atoms with E-state index in [0.717, 1.165) is 50.7 Å². The van der Waals surface area contributed by atoms with Crippen LogP contribution in [0.4, 0.5) is 4.79 Å². The van der Waals surface area contributed by atoms with Gasteiger partial charge in [-0.25, -0.2) is 4.79 Å². The van der Waals surface area contributed by atoms with E-state index in [1.165, 1.54) is 12.8 Å². The highest BCUT2D eigenvalue weighted by Crippen LogP contribution is 2.39. The van der Waals surface area contributed by atoms with Crippen LogP contribution in [0, 0.1) is 12.3 Å². The van der Waals surface area contributed by atoms with Crippen molar-refractivity contribution in [2.45, 2.75) is 32.7 Å². The fourth-order valence-corrected chi connectivity index (χ4v) is 3.94. The second-order valence-electron chi connectivity index (χ2n) is 7.18. The first-order valence-corrected chi connectivity index (χ1v) is 8.21. The van der Waals surface area contributed by atoms with E-state index in [1.807, 2.05) is 32.0 Å². The number of hydrogen-bond donors (Lipinski definition) is 0. The molecule has 2 aliphatic heterocycles. The molecule has 3 heterocycles. The second-order valence-corrected chi connectivity index (χ2v) is 7.18. The molecule has 0 N–H and O–H groups in total. The first kappa shape index (κ1) is 15.4.